The number of nitrogens with zero attached hydrogens (tertiary/aromatic N) is 1. The number of hydrogen-bond acceptors (Lipinski definition) is 4. The Balaban J connectivity index is 1.21. The molecule has 1 atom stereocenters. The van der Waals surface area contributed by atoms with Crippen molar-refractivity contribution in [2.75, 3.05) is 39.3 Å². The third-order valence-corrected chi connectivity index (χ3v) is 5.75. The molecule has 1 saturated heterocycles. The van der Waals surface area contributed by atoms with Gasteiger partial charge in [0, 0.05) is 10.6 Å². The maximum Gasteiger partial charge on any atom is 0.339 e. The lowest BCUT2D eigenvalue weighted by atomic mass is 10.0. The number of quaternary nitrogens is 1. The van der Waals surface area contributed by atoms with Crippen LogP contribution in [0.4, 0.5) is 0 Å². The largest absolute Gasteiger partial charge is 0.488 e. The third kappa shape index (κ3) is 4.71. The van der Waals surface area contributed by atoms with Crippen LogP contribution < -0.4 is 9.64 Å². The zero-order chi connectivity index (χ0) is 20.2. The molecular weight excluding hydrogens is 392 g/mol. The number of carbonyl (C=O) groups excluding carboxylic acids is 2. The fourth-order valence-corrected chi connectivity index (χ4v) is 3.95. The number of carbonyl (C=O) groups is 2. The van der Waals surface area contributed by atoms with E-state index in [0.29, 0.717) is 30.3 Å². The lowest BCUT2D eigenvalue weighted by Gasteiger charge is -2.32. The van der Waals surface area contributed by atoms with Crippen LogP contribution in [0.25, 0.3) is 0 Å². The Kier molecular flexibility index (Phi) is 6.02. The van der Waals surface area contributed by atoms with Gasteiger partial charge in [0.2, 0.25) is 5.91 Å². The normalized spacial score (nSPS) is 19.0. The number of piperazine rings is 1. The highest BCUT2D eigenvalue weighted by molar-refractivity contribution is 6.30. The van der Waals surface area contributed by atoms with Crippen molar-refractivity contribution in [3.05, 3.63) is 64.7 Å². The van der Waals surface area contributed by atoms with Gasteiger partial charge in [0.1, 0.15) is 25.0 Å². The van der Waals surface area contributed by atoms with Crippen LogP contribution in [0.2, 0.25) is 5.02 Å². The van der Waals surface area contributed by atoms with Gasteiger partial charge >= 0.3 is 5.97 Å². The molecule has 1 N–H and O–H groups in total. The van der Waals surface area contributed by atoms with Crippen LogP contribution in [0.3, 0.4) is 0 Å². The summed E-state index contributed by atoms with van der Waals surface area (Å²) in [5.74, 6) is 0.512. The number of benzene rings is 2. The van der Waals surface area contributed by atoms with E-state index in [1.54, 1.807) is 6.07 Å². The number of cyclic esters (lactones) is 1. The molecular formula is C22H24ClN2O4+. The van der Waals surface area contributed by atoms with E-state index in [9.17, 15) is 9.59 Å². The summed E-state index contributed by atoms with van der Waals surface area (Å²) in [5.41, 5.74) is 1.38. The highest BCUT2D eigenvalue weighted by Gasteiger charge is 2.34. The van der Waals surface area contributed by atoms with Crippen LogP contribution in [0.5, 0.6) is 5.75 Å². The minimum Gasteiger partial charge on any atom is -0.488 e. The minimum atomic E-state index is -0.468. The van der Waals surface area contributed by atoms with Gasteiger partial charge in [0.25, 0.3) is 0 Å². The highest BCUT2D eigenvalue weighted by atomic mass is 35.5. The second-order valence-electron chi connectivity index (χ2n) is 7.37. The van der Waals surface area contributed by atoms with E-state index >= 15 is 0 Å². The van der Waals surface area contributed by atoms with E-state index in [2.05, 4.69) is 0 Å². The number of ether oxygens (including phenoxy) is 2. The van der Waals surface area contributed by atoms with Crippen LogP contribution in [0, 0.1) is 0 Å². The molecule has 152 valence electrons. The van der Waals surface area contributed by atoms with E-state index in [0.717, 1.165) is 30.9 Å². The van der Waals surface area contributed by atoms with Gasteiger partial charge in [-0.05, 0) is 30.3 Å². The van der Waals surface area contributed by atoms with Crippen LogP contribution in [0.15, 0.2) is 48.5 Å². The Bertz CT molecular complexity index is 879. The summed E-state index contributed by atoms with van der Waals surface area (Å²) in [4.78, 5) is 27.9. The summed E-state index contributed by atoms with van der Waals surface area (Å²) in [6.45, 7) is 4.69. The van der Waals surface area contributed by atoms with E-state index in [-0.39, 0.29) is 18.3 Å². The molecule has 4 rings (SSSR count). The van der Waals surface area contributed by atoms with Gasteiger partial charge in [-0.15, -0.1) is 0 Å². The predicted octanol–water partition coefficient (Wildman–Crippen LogP) is 1.75. The van der Waals surface area contributed by atoms with Gasteiger partial charge in [-0.25, -0.2) is 4.79 Å². The maximum absolute atomic E-state index is 12.7. The predicted molar refractivity (Wildman–Crippen MR) is 108 cm³/mol. The summed E-state index contributed by atoms with van der Waals surface area (Å²) in [5, 5.41) is 0.694. The lowest BCUT2D eigenvalue weighted by molar-refractivity contribution is -0.904. The van der Waals surface area contributed by atoms with E-state index < -0.39 is 6.10 Å². The molecule has 0 bridgehead atoms. The Morgan fingerprint density at radius 1 is 1.14 bits per heavy atom. The first-order chi connectivity index (χ1) is 14.1. The number of hydrogen-bond donors (Lipinski definition) is 1. The fraction of sp³-hybridized carbons (Fsp3) is 0.364. The Morgan fingerprint density at radius 3 is 2.62 bits per heavy atom. The molecule has 0 aromatic heterocycles. The zero-order valence-electron chi connectivity index (χ0n) is 16.1. The molecule has 1 fully saturated rings. The van der Waals surface area contributed by atoms with E-state index in [1.807, 2.05) is 47.4 Å². The van der Waals surface area contributed by atoms with Crippen molar-refractivity contribution in [1.82, 2.24) is 4.90 Å². The number of fused-ring (bicyclic) bond motifs is 1. The van der Waals surface area contributed by atoms with Crippen LogP contribution in [-0.2, 0) is 9.53 Å². The fourth-order valence-electron chi connectivity index (χ4n) is 3.83. The molecule has 6 nitrogen and oxygen atoms in total. The summed E-state index contributed by atoms with van der Waals surface area (Å²) in [6.07, 6.45) is -0.262. The quantitative estimate of drug-likeness (QED) is 0.730. The summed E-state index contributed by atoms with van der Waals surface area (Å²) in [6, 6.07) is 14.6. The first-order valence-corrected chi connectivity index (χ1v) is 10.3. The molecule has 0 aliphatic carbocycles. The second kappa shape index (κ2) is 8.84. The molecule has 0 saturated carbocycles. The number of rotatable bonds is 6. The van der Waals surface area contributed by atoms with Crippen molar-refractivity contribution < 1.29 is 24.0 Å². The third-order valence-electron chi connectivity index (χ3n) is 5.50. The average Bonchev–Trinajstić information content (AvgIpc) is 3.06. The van der Waals surface area contributed by atoms with E-state index in [1.165, 1.54) is 4.90 Å². The molecule has 1 amide bonds. The molecule has 2 aromatic rings. The SMILES string of the molecule is O=C1O[C@@H](CC(=O)N2CC[NH+](CCOc3ccc(Cl)cc3)CC2)c2ccccc21. The molecule has 0 unspecified atom stereocenters. The monoisotopic (exact) mass is 415 g/mol. The Labute approximate surface area is 174 Å². The topological polar surface area (TPSA) is 60.3 Å². The smallest absolute Gasteiger partial charge is 0.339 e. The van der Waals surface area contributed by atoms with Crippen molar-refractivity contribution in [3.8, 4) is 5.75 Å². The van der Waals surface area contributed by atoms with Crippen molar-refractivity contribution >= 4 is 23.5 Å². The molecule has 2 aliphatic heterocycles. The molecule has 0 radical (unpaired) electrons. The first-order valence-electron chi connectivity index (χ1n) is 9.90. The van der Waals surface area contributed by atoms with Gasteiger partial charge in [0.05, 0.1) is 38.2 Å². The van der Waals surface area contributed by atoms with Gasteiger partial charge in [-0.1, -0.05) is 29.8 Å². The van der Waals surface area contributed by atoms with Gasteiger partial charge in [-0.2, -0.15) is 0 Å². The van der Waals surface area contributed by atoms with Crippen molar-refractivity contribution in [1.29, 1.82) is 0 Å². The lowest BCUT2D eigenvalue weighted by Crippen LogP contribution is -3.15. The van der Waals surface area contributed by atoms with Crippen LogP contribution in [0.1, 0.15) is 28.4 Å². The number of amides is 1. The Morgan fingerprint density at radius 2 is 1.86 bits per heavy atom. The molecule has 2 heterocycles. The number of esters is 1. The second-order valence-corrected chi connectivity index (χ2v) is 7.80. The molecule has 29 heavy (non-hydrogen) atoms. The molecule has 2 aromatic carbocycles. The molecule has 7 heteroatoms. The Hall–Kier alpha value is -2.57. The summed E-state index contributed by atoms with van der Waals surface area (Å²) >= 11 is 5.88. The van der Waals surface area contributed by atoms with Gasteiger partial charge in [-0.3, -0.25) is 4.79 Å². The van der Waals surface area contributed by atoms with Crippen molar-refractivity contribution in [2.45, 2.75) is 12.5 Å². The zero-order valence-corrected chi connectivity index (χ0v) is 16.9. The first kappa shape index (κ1) is 19.7. The van der Waals surface area contributed by atoms with E-state index in [4.69, 9.17) is 21.1 Å². The average molecular weight is 416 g/mol. The summed E-state index contributed by atoms with van der Waals surface area (Å²) in [7, 11) is 0. The van der Waals surface area contributed by atoms with Gasteiger partial charge in [0.15, 0.2) is 0 Å². The number of halogens is 1. The minimum absolute atomic E-state index is 0.0379. The highest BCUT2D eigenvalue weighted by Crippen LogP contribution is 2.33. The van der Waals surface area contributed by atoms with Gasteiger partial charge < -0.3 is 19.3 Å². The van der Waals surface area contributed by atoms with Crippen molar-refractivity contribution in [3.63, 3.8) is 0 Å². The van der Waals surface area contributed by atoms with Crippen molar-refractivity contribution in [2.24, 2.45) is 0 Å². The summed E-state index contributed by atoms with van der Waals surface area (Å²) < 4.78 is 11.2. The standard InChI is InChI=1S/C22H23ClN2O4/c23-16-5-7-17(8-6-16)28-14-13-24-9-11-25(12-10-24)21(26)15-20-18-3-1-2-4-19(18)22(27)29-20/h1-8,20H,9-15H2/p+1/t20-/m0/s1. The maximum atomic E-state index is 12.7. The number of nitrogens with one attached hydrogen (secondary N) is 1. The van der Waals surface area contributed by atoms with Crippen LogP contribution >= 0.6 is 11.6 Å². The molecule has 2 aliphatic rings. The molecule has 0 spiro atoms. The van der Waals surface area contributed by atoms with Crippen LogP contribution in [-0.4, -0.2) is 56.1 Å².